The van der Waals surface area contributed by atoms with Gasteiger partial charge < -0.3 is 20.1 Å². The Balaban J connectivity index is 2.18. The van der Waals surface area contributed by atoms with E-state index >= 15 is 0 Å². The average Bonchev–Trinajstić information content (AvgIpc) is 2.56. The van der Waals surface area contributed by atoms with Crippen LogP contribution in [0.3, 0.4) is 0 Å². The Labute approximate surface area is 134 Å². The molecule has 0 amide bonds. The summed E-state index contributed by atoms with van der Waals surface area (Å²) in [5.74, 6) is 0.867. The van der Waals surface area contributed by atoms with Crippen molar-refractivity contribution in [3.05, 3.63) is 35.9 Å². The molecule has 0 aliphatic rings. The fourth-order valence-electron chi connectivity index (χ4n) is 1.88. The van der Waals surface area contributed by atoms with Crippen molar-refractivity contribution in [2.45, 2.75) is 26.3 Å². The van der Waals surface area contributed by atoms with E-state index in [0.29, 0.717) is 19.8 Å². The third-order valence-electron chi connectivity index (χ3n) is 3.05. The molecule has 0 saturated carbocycles. The van der Waals surface area contributed by atoms with E-state index in [1.165, 1.54) is 5.56 Å². The molecule has 0 aliphatic heterocycles. The number of ether oxygens (including phenoxy) is 2. The van der Waals surface area contributed by atoms with E-state index in [4.69, 9.17) is 9.47 Å². The van der Waals surface area contributed by atoms with Crippen LogP contribution in [-0.2, 0) is 16.0 Å². The van der Waals surface area contributed by atoms with E-state index in [-0.39, 0.29) is 0 Å². The summed E-state index contributed by atoms with van der Waals surface area (Å²) >= 11 is 0. The molecule has 0 unspecified atom stereocenters. The number of nitrogens with one attached hydrogen (secondary N) is 2. The van der Waals surface area contributed by atoms with Crippen LogP contribution in [0.25, 0.3) is 0 Å². The number of unbranched alkanes of at least 4 members (excludes halogenated alkanes) is 1. The van der Waals surface area contributed by atoms with E-state index in [1.54, 1.807) is 7.11 Å². The van der Waals surface area contributed by atoms with Gasteiger partial charge in [0.05, 0.1) is 19.8 Å². The Bertz CT molecular complexity index is 396. The minimum atomic E-state index is 0.662. The summed E-state index contributed by atoms with van der Waals surface area (Å²) in [6.45, 7) is 6.64. The monoisotopic (exact) mass is 307 g/mol. The van der Waals surface area contributed by atoms with Gasteiger partial charge in [0.25, 0.3) is 0 Å². The fraction of sp³-hybridized carbons (Fsp3) is 0.588. The van der Waals surface area contributed by atoms with Crippen LogP contribution in [0, 0.1) is 0 Å². The normalized spacial score (nSPS) is 11.5. The predicted molar refractivity (Wildman–Crippen MR) is 91.2 cm³/mol. The largest absolute Gasteiger partial charge is 0.382 e. The van der Waals surface area contributed by atoms with Crippen molar-refractivity contribution in [3.8, 4) is 0 Å². The molecular formula is C17H29N3O2. The van der Waals surface area contributed by atoms with Gasteiger partial charge in [0.15, 0.2) is 5.96 Å². The SMILES string of the molecule is CCNC(=NCc1ccccc1)NCCCCOCCOC. The number of rotatable bonds is 11. The Morgan fingerprint density at radius 2 is 1.86 bits per heavy atom. The maximum absolute atomic E-state index is 5.44. The van der Waals surface area contributed by atoms with Crippen molar-refractivity contribution >= 4 is 5.96 Å². The zero-order chi connectivity index (χ0) is 15.9. The van der Waals surface area contributed by atoms with Gasteiger partial charge in [-0.2, -0.15) is 0 Å². The Morgan fingerprint density at radius 3 is 2.59 bits per heavy atom. The minimum absolute atomic E-state index is 0.662. The van der Waals surface area contributed by atoms with Gasteiger partial charge in [-0.1, -0.05) is 30.3 Å². The smallest absolute Gasteiger partial charge is 0.191 e. The maximum atomic E-state index is 5.44. The van der Waals surface area contributed by atoms with Gasteiger partial charge in [-0.25, -0.2) is 4.99 Å². The van der Waals surface area contributed by atoms with E-state index < -0.39 is 0 Å². The van der Waals surface area contributed by atoms with Crippen molar-refractivity contribution in [1.82, 2.24) is 10.6 Å². The predicted octanol–water partition coefficient (Wildman–Crippen LogP) is 2.18. The summed E-state index contributed by atoms with van der Waals surface area (Å²) < 4.78 is 10.4. The summed E-state index contributed by atoms with van der Waals surface area (Å²) in [6, 6.07) is 10.3. The highest BCUT2D eigenvalue weighted by atomic mass is 16.5. The van der Waals surface area contributed by atoms with Crippen LogP contribution in [0.5, 0.6) is 0 Å². The summed E-state index contributed by atoms with van der Waals surface area (Å²) in [5, 5.41) is 6.61. The maximum Gasteiger partial charge on any atom is 0.191 e. The van der Waals surface area contributed by atoms with E-state index in [0.717, 1.165) is 38.5 Å². The van der Waals surface area contributed by atoms with Crippen LogP contribution in [0.1, 0.15) is 25.3 Å². The highest BCUT2D eigenvalue weighted by molar-refractivity contribution is 5.79. The summed E-state index contributed by atoms with van der Waals surface area (Å²) in [7, 11) is 1.68. The van der Waals surface area contributed by atoms with Crippen LogP contribution in [0.15, 0.2) is 35.3 Å². The number of benzene rings is 1. The molecule has 0 atom stereocenters. The number of hydrogen-bond acceptors (Lipinski definition) is 3. The van der Waals surface area contributed by atoms with Gasteiger partial charge in [-0.05, 0) is 25.3 Å². The second-order valence-electron chi connectivity index (χ2n) is 4.92. The first-order valence-electron chi connectivity index (χ1n) is 7.99. The number of methoxy groups -OCH3 is 1. The molecule has 0 saturated heterocycles. The lowest BCUT2D eigenvalue weighted by atomic mass is 10.2. The highest BCUT2D eigenvalue weighted by Crippen LogP contribution is 1.99. The molecule has 0 radical (unpaired) electrons. The molecule has 0 aromatic heterocycles. The molecule has 1 aromatic rings. The van der Waals surface area contributed by atoms with Crippen LogP contribution in [0.4, 0.5) is 0 Å². The molecule has 1 aromatic carbocycles. The number of guanidine groups is 1. The summed E-state index contributed by atoms with van der Waals surface area (Å²) in [4.78, 5) is 4.59. The molecule has 0 fully saturated rings. The van der Waals surface area contributed by atoms with Gasteiger partial charge in [-0.3, -0.25) is 0 Å². The van der Waals surface area contributed by atoms with Crippen molar-refractivity contribution in [2.75, 3.05) is 40.0 Å². The van der Waals surface area contributed by atoms with Crippen molar-refractivity contribution in [1.29, 1.82) is 0 Å². The van der Waals surface area contributed by atoms with Crippen molar-refractivity contribution in [2.24, 2.45) is 4.99 Å². The second-order valence-corrected chi connectivity index (χ2v) is 4.92. The molecule has 124 valence electrons. The van der Waals surface area contributed by atoms with E-state index in [2.05, 4.69) is 34.7 Å². The molecule has 0 spiro atoms. The van der Waals surface area contributed by atoms with Gasteiger partial charge >= 0.3 is 0 Å². The lowest BCUT2D eigenvalue weighted by Gasteiger charge is -2.11. The van der Waals surface area contributed by atoms with Crippen LogP contribution in [0.2, 0.25) is 0 Å². The molecule has 5 heteroatoms. The van der Waals surface area contributed by atoms with Gasteiger partial charge in [-0.15, -0.1) is 0 Å². The molecular weight excluding hydrogens is 278 g/mol. The molecule has 5 nitrogen and oxygen atoms in total. The number of aliphatic imine (C=N–C) groups is 1. The molecule has 0 bridgehead atoms. The molecule has 0 aliphatic carbocycles. The first-order chi connectivity index (χ1) is 10.9. The molecule has 0 heterocycles. The highest BCUT2D eigenvalue weighted by Gasteiger charge is 1.97. The lowest BCUT2D eigenvalue weighted by molar-refractivity contribution is 0.0689. The van der Waals surface area contributed by atoms with Crippen LogP contribution >= 0.6 is 0 Å². The third kappa shape index (κ3) is 9.37. The average molecular weight is 307 g/mol. The lowest BCUT2D eigenvalue weighted by Crippen LogP contribution is -2.37. The fourth-order valence-corrected chi connectivity index (χ4v) is 1.88. The van der Waals surface area contributed by atoms with Crippen molar-refractivity contribution < 1.29 is 9.47 Å². The molecule has 1 rings (SSSR count). The van der Waals surface area contributed by atoms with E-state index in [9.17, 15) is 0 Å². The quantitative estimate of drug-likeness (QED) is 0.374. The third-order valence-corrected chi connectivity index (χ3v) is 3.05. The van der Waals surface area contributed by atoms with Gasteiger partial charge in [0.1, 0.15) is 0 Å². The van der Waals surface area contributed by atoms with Crippen LogP contribution < -0.4 is 10.6 Å². The summed E-state index contributed by atoms with van der Waals surface area (Å²) in [5.41, 5.74) is 1.21. The van der Waals surface area contributed by atoms with Gasteiger partial charge in [0.2, 0.25) is 0 Å². The zero-order valence-corrected chi connectivity index (χ0v) is 13.8. The minimum Gasteiger partial charge on any atom is -0.382 e. The first-order valence-corrected chi connectivity index (χ1v) is 7.99. The summed E-state index contributed by atoms with van der Waals surface area (Å²) in [6.07, 6.45) is 2.09. The van der Waals surface area contributed by atoms with E-state index in [1.807, 2.05) is 18.2 Å². The first kappa shape index (κ1) is 18.5. The Kier molecular flexibility index (Phi) is 11.0. The number of hydrogen-bond donors (Lipinski definition) is 2. The standard InChI is InChI=1S/C17H29N3O2/c1-3-18-17(20-15-16-9-5-4-6-10-16)19-11-7-8-12-22-14-13-21-2/h4-6,9-10H,3,7-8,11-15H2,1-2H3,(H2,18,19,20). The Hall–Kier alpha value is -1.59. The Morgan fingerprint density at radius 1 is 1.05 bits per heavy atom. The zero-order valence-electron chi connectivity index (χ0n) is 13.8. The van der Waals surface area contributed by atoms with Crippen LogP contribution in [-0.4, -0.2) is 46.0 Å². The molecule has 22 heavy (non-hydrogen) atoms. The van der Waals surface area contributed by atoms with Crippen molar-refractivity contribution in [3.63, 3.8) is 0 Å². The number of nitrogens with zero attached hydrogens (tertiary/aromatic N) is 1. The van der Waals surface area contributed by atoms with Gasteiger partial charge in [0, 0.05) is 26.8 Å². The second kappa shape index (κ2) is 13.1. The molecule has 2 N–H and O–H groups in total. The topological polar surface area (TPSA) is 54.9 Å².